The third kappa shape index (κ3) is 4.04. The minimum Gasteiger partial charge on any atom is -0.441 e. The minimum atomic E-state index is -0.460. The highest BCUT2D eigenvalue weighted by Gasteiger charge is 2.20. The Balaban J connectivity index is 1.53. The second-order valence-corrected chi connectivity index (χ2v) is 7.27. The van der Waals surface area contributed by atoms with Gasteiger partial charge in [0.1, 0.15) is 11.5 Å². The van der Waals surface area contributed by atoms with Gasteiger partial charge in [0, 0.05) is 16.3 Å². The van der Waals surface area contributed by atoms with Crippen LogP contribution in [0.4, 0.5) is 11.5 Å². The van der Waals surface area contributed by atoms with E-state index in [-0.39, 0.29) is 18.1 Å². The molecule has 0 saturated heterocycles. The van der Waals surface area contributed by atoms with Gasteiger partial charge < -0.3 is 15.5 Å². The first-order chi connectivity index (χ1) is 14.4. The molecule has 2 heterocycles. The van der Waals surface area contributed by atoms with Gasteiger partial charge in [0.05, 0.1) is 6.54 Å². The number of hydrogen-bond donors (Lipinski definition) is 2. The number of nitrogens with two attached hydrogens (primary N) is 1. The fraction of sp³-hybridized carbons (Fsp3) is 0.143. The monoisotopic (exact) mass is 422 g/mol. The fourth-order valence-electron chi connectivity index (χ4n) is 2.94. The van der Waals surface area contributed by atoms with E-state index < -0.39 is 5.91 Å². The molecule has 0 fully saturated rings. The van der Waals surface area contributed by atoms with Crippen molar-refractivity contribution in [3.63, 3.8) is 0 Å². The lowest BCUT2D eigenvalue weighted by molar-refractivity contribution is 0.102. The van der Waals surface area contributed by atoms with Crippen LogP contribution in [0.25, 0.3) is 11.5 Å². The van der Waals surface area contributed by atoms with Gasteiger partial charge in [-0.1, -0.05) is 34.5 Å². The molecule has 30 heavy (non-hydrogen) atoms. The molecule has 0 radical (unpaired) electrons. The Morgan fingerprint density at radius 1 is 1.20 bits per heavy atom. The Hall–Kier alpha value is -3.65. The number of anilines is 2. The van der Waals surface area contributed by atoms with Crippen LogP contribution in [0.3, 0.4) is 0 Å². The third-order valence-corrected chi connectivity index (χ3v) is 4.80. The number of carbonyl (C=O) groups is 1. The Morgan fingerprint density at radius 3 is 2.70 bits per heavy atom. The molecule has 0 unspecified atom stereocenters. The van der Waals surface area contributed by atoms with Gasteiger partial charge in [0.15, 0.2) is 11.5 Å². The predicted octanol–water partition coefficient (Wildman–Crippen LogP) is 4.09. The number of rotatable bonds is 5. The van der Waals surface area contributed by atoms with E-state index in [1.165, 1.54) is 4.68 Å². The van der Waals surface area contributed by atoms with Crippen LogP contribution in [0.2, 0.25) is 5.02 Å². The van der Waals surface area contributed by atoms with Gasteiger partial charge in [0.2, 0.25) is 5.89 Å². The average Bonchev–Trinajstić information content (AvgIpc) is 3.27. The van der Waals surface area contributed by atoms with Crippen molar-refractivity contribution in [2.45, 2.75) is 20.4 Å². The van der Waals surface area contributed by atoms with E-state index in [2.05, 4.69) is 20.6 Å². The number of amides is 1. The van der Waals surface area contributed by atoms with Crippen LogP contribution in [-0.4, -0.2) is 25.9 Å². The first kappa shape index (κ1) is 19.7. The first-order valence-corrected chi connectivity index (χ1v) is 9.57. The van der Waals surface area contributed by atoms with E-state index in [4.69, 9.17) is 21.8 Å². The van der Waals surface area contributed by atoms with Gasteiger partial charge in [0.25, 0.3) is 5.91 Å². The van der Waals surface area contributed by atoms with Crippen LogP contribution >= 0.6 is 11.6 Å². The zero-order valence-corrected chi connectivity index (χ0v) is 17.1. The second kappa shape index (κ2) is 8.00. The molecule has 2 aromatic carbocycles. The van der Waals surface area contributed by atoms with E-state index in [0.717, 1.165) is 11.1 Å². The molecule has 4 aromatic rings. The molecule has 2 aromatic heterocycles. The minimum absolute atomic E-state index is 0.0324. The van der Waals surface area contributed by atoms with E-state index in [0.29, 0.717) is 28.1 Å². The molecule has 3 N–H and O–H groups in total. The zero-order chi connectivity index (χ0) is 21.3. The van der Waals surface area contributed by atoms with Gasteiger partial charge >= 0.3 is 0 Å². The number of oxazole rings is 1. The highest BCUT2D eigenvalue weighted by Crippen LogP contribution is 2.24. The van der Waals surface area contributed by atoms with Crippen molar-refractivity contribution in [2.24, 2.45) is 0 Å². The van der Waals surface area contributed by atoms with Gasteiger partial charge in [-0.3, -0.25) is 4.79 Å². The SMILES string of the molecule is Cc1cccc(-c2nc(Cn3nnc(C(=O)Nc4ccc(Cl)cc4)c3N)c(C)o2)c1. The van der Waals surface area contributed by atoms with Crippen molar-refractivity contribution in [1.82, 2.24) is 20.0 Å². The van der Waals surface area contributed by atoms with Gasteiger partial charge in [-0.05, 0) is 50.2 Å². The molecule has 1 amide bonds. The number of nitrogens with zero attached hydrogens (tertiary/aromatic N) is 4. The summed E-state index contributed by atoms with van der Waals surface area (Å²) in [5, 5.41) is 11.2. The molecule has 0 saturated carbocycles. The molecule has 0 bridgehead atoms. The largest absolute Gasteiger partial charge is 0.441 e. The van der Waals surface area contributed by atoms with E-state index >= 15 is 0 Å². The van der Waals surface area contributed by atoms with Gasteiger partial charge in [-0.25, -0.2) is 9.67 Å². The zero-order valence-electron chi connectivity index (χ0n) is 16.4. The van der Waals surface area contributed by atoms with E-state index in [1.807, 2.05) is 38.1 Å². The quantitative estimate of drug-likeness (QED) is 0.501. The number of aryl methyl sites for hydroxylation is 2. The summed E-state index contributed by atoms with van der Waals surface area (Å²) in [7, 11) is 0. The lowest BCUT2D eigenvalue weighted by Crippen LogP contribution is -2.15. The van der Waals surface area contributed by atoms with Crippen molar-refractivity contribution in [1.29, 1.82) is 0 Å². The van der Waals surface area contributed by atoms with Crippen molar-refractivity contribution in [3.8, 4) is 11.5 Å². The summed E-state index contributed by atoms with van der Waals surface area (Å²) < 4.78 is 7.23. The molecular formula is C21H19ClN6O2. The average molecular weight is 423 g/mol. The molecule has 0 atom stereocenters. The summed E-state index contributed by atoms with van der Waals surface area (Å²) in [5.41, 5.74) is 9.39. The maximum absolute atomic E-state index is 12.5. The Morgan fingerprint density at radius 2 is 1.97 bits per heavy atom. The lowest BCUT2D eigenvalue weighted by atomic mass is 10.1. The van der Waals surface area contributed by atoms with Crippen molar-refractivity contribution < 1.29 is 9.21 Å². The number of hydrogen-bond acceptors (Lipinski definition) is 6. The number of aromatic nitrogens is 4. The summed E-state index contributed by atoms with van der Waals surface area (Å²) in [4.78, 5) is 17.1. The fourth-order valence-corrected chi connectivity index (χ4v) is 3.07. The van der Waals surface area contributed by atoms with Crippen LogP contribution in [-0.2, 0) is 6.54 Å². The standard InChI is InChI=1S/C21H19ClN6O2/c1-12-4-3-5-14(10-12)21-25-17(13(2)30-21)11-28-19(23)18(26-27-28)20(29)24-16-8-6-15(22)7-9-16/h3-10H,11,23H2,1-2H3,(H,24,29). The number of benzene rings is 2. The van der Waals surface area contributed by atoms with Crippen LogP contribution in [0.15, 0.2) is 52.9 Å². The number of nitrogen functional groups attached to an aromatic ring is 1. The lowest BCUT2D eigenvalue weighted by Gasteiger charge is -2.04. The van der Waals surface area contributed by atoms with E-state index in [1.54, 1.807) is 24.3 Å². The summed E-state index contributed by atoms with van der Waals surface area (Å²) in [6.07, 6.45) is 0. The second-order valence-electron chi connectivity index (χ2n) is 6.83. The first-order valence-electron chi connectivity index (χ1n) is 9.20. The maximum atomic E-state index is 12.5. The molecule has 4 rings (SSSR count). The molecule has 8 nitrogen and oxygen atoms in total. The van der Waals surface area contributed by atoms with Crippen LogP contribution < -0.4 is 11.1 Å². The Labute approximate surface area is 177 Å². The van der Waals surface area contributed by atoms with E-state index in [9.17, 15) is 4.79 Å². The van der Waals surface area contributed by atoms with Crippen molar-refractivity contribution in [2.75, 3.05) is 11.1 Å². The predicted molar refractivity (Wildman–Crippen MR) is 114 cm³/mol. The maximum Gasteiger partial charge on any atom is 0.280 e. The summed E-state index contributed by atoms with van der Waals surface area (Å²) >= 11 is 5.86. The van der Waals surface area contributed by atoms with Crippen molar-refractivity contribution >= 4 is 29.0 Å². The molecule has 152 valence electrons. The number of carbonyl (C=O) groups excluding carboxylic acids is 1. The van der Waals surface area contributed by atoms with Crippen LogP contribution in [0, 0.1) is 13.8 Å². The molecule has 0 aliphatic carbocycles. The molecule has 0 aliphatic heterocycles. The summed E-state index contributed by atoms with van der Waals surface area (Å²) in [6, 6.07) is 14.6. The highest BCUT2D eigenvalue weighted by molar-refractivity contribution is 6.30. The summed E-state index contributed by atoms with van der Waals surface area (Å²) in [5.74, 6) is 0.846. The van der Waals surface area contributed by atoms with Gasteiger partial charge in [-0.2, -0.15) is 0 Å². The highest BCUT2D eigenvalue weighted by atomic mass is 35.5. The number of nitrogens with one attached hydrogen (secondary N) is 1. The molecule has 0 spiro atoms. The third-order valence-electron chi connectivity index (χ3n) is 4.55. The summed E-state index contributed by atoms with van der Waals surface area (Å²) in [6.45, 7) is 4.06. The Bertz CT molecular complexity index is 1210. The van der Waals surface area contributed by atoms with Crippen molar-refractivity contribution in [3.05, 3.63) is 76.3 Å². The topological polar surface area (TPSA) is 112 Å². The van der Waals surface area contributed by atoms with Gasteiger partial charge in [-0.15, -0.1) is 5.10 Å². The normalized spacial score (nSPS) is 10.9. The molecular weight excluding hydrogens is 404 g/mol. The molecule has 9 heteroatoms. The molecule has 0 aliphatic rings. The Kier molecular flexibility index (Phi) is 5.24. The van der Waals surface area contributed by atoms with Crippen LogP contribution in [0.5, 0.6) is 0 Å². The smallest absolute Gasteiger partial charge is 0.280 e. The van der Waals surface area contributed by atoms with Crippen LogP contribution in [0.1, 0.15) is 27.5 Å². The number of halogens is 1.